The molecule has 6 heteroatoms. The summed E-state index contributed by atoms with van der Waals surface area (Å²) in [6, 6.07) is 7.37. The number of benzene rings is 1. The Labute approximate surface area is 116 Å². The van der Waals surface area contributed by atoms with Crippen LogP contribution in [0.3, 0.4) is 0 Å². The first-order valence-corrected chi connectivity index (χ1v) is 7.98. The summed E-state index contributed by atoms with van der Waals surface area (Å²) in [5.41, 5.74) is 1.62. The molecule has 3 N–H and O–H groups in total. The Kier molecular flexibility index (Phi) is 6.27. The van der Waals surface area contributed by atoms with E-state index in [2.05, 4.69) is 14.8 Å². The molecule has 19 heavy (non-hydrogen) atoms. The molecule has 0 aliphatic rings. The van der Waals surface area contributed by atoms with Gasteiger partial charge in [-0.2, -0.15) is 13.1 Å². The first-order chi connectivity index (χ1) is 8.93. The average Bonchev–Trinajstić information content (AvgIpc) is 2.34. The molecule has 0 aliphatic heterocycles. The van der Waals surface area contributed by atoms with Crippen molar-refractivity contribution in [3.8, 4) is 0 Å². The van der Waals surface area contributed by atoms with Gasteiger partial charge in [-0.25, -0.2) is 0 Å². The average molecular weight is 285 g/mol. The maximum absolute atomic E-state index is 11.8. The number of anilines is 1. The van der Waals surface area contributed by atoms with Crippen LogP contribution < -0.4 is 14.8 Å². The molecule has 0 bridgehead atoms. The van der Waals surface area contributed by atoms with E-state index in [9.17, 15) is 8.42 Å². The highest BCUT2D eigenvalue weighted by Crippen LogP contribution is 2.11. The Hall–Kier alpha value is -1.11. The SMILES string of the molecule is CCNCc1cccc(NS(=O)(=O)NCC(C)C)c1. The smallest absolute Gasteiger partial charge is 0.299 e. The number of rotatable bonds is 8. The summed E-state index contributed by atoms with van der Waals surface area (Å²) >= 11 is 0. The third kappa shape index (κ3) is 6.56. The molecule has 5 nitrogen and oxygen atoms in total. The maximum Gasteiger partial charge on any atom is 0.299 e. The van der Waals surface area contributed by atoms with Gasteiger partial charge in [0, 0.05) is 13.1 Å². The maximum atomic E-state index is 11.8. The summed E-state index contributed by atoms with van der Waals surface area (Å²) in [7, 11) is -3.49. The molecular weight excluding hydrogens is 262 g/mol. The van der Waals surface area contributed by atoms with Gasteiger partial charge in [0.25, 0.3) is 10.2 Å². The molecule has 1 aromatic carbocycles. The minimum Gasteiger partial charge on any atom is -0.313 e. The highest BCUT2D eigenvalue weighted by atomic mass is 32.2. The van der Waals surface area contributed by atoms with Gasteiger partial charge in [0.1, 0.15) is 0 Å². The van der Waals surface area contributed by atoms with E-state index in [0.29, 0.717) is 12.2 Å². The van der Waals surface area contributed by atoms with Crippen molar-refractivity contribution in [1.82, 2.24) is 10.0 Å². The molecule has 0 spiro atoms. The molecule has 1 aromatic rings. The predicted octanol–water partition coefficient (Wildman–Crippen LogP) is 1.70. The largest absolute Gasteiger partial charge is 0.313 e. The van der Waals surface area contributed by atoms with Crippen molar-refractivity contribution in [3.63, 3.8) is 0 Å². The van der Waals surface area contributed by atoms with Crippen LogP contribution in [-0.2, 0) is 16.8 Å². The van der Waals surface area contributed by atoms with Crippen LogP contribution in [0.2, 0.25) is 0 Å². The zero-order valence-corrected chi connectivity index (χ0v) is 12.5. The number of hydrogen-bond donors (Lipinski definition) is 3. The number of hydrogen-bond acceptors (Lipinski definition) is 3. The Bertz CT molecular complexity index is 486. The van der Waals surface area contributed by atoms with Crippen LogP contribution in [0.4, 0.5) is 5.69 Å². The van der Waals surface area contributed by atoms with Gasteiger partial charge in [-0.05, 0) is 30.2 Å². The van der Waals surface area contributed by atoms with E-state index in [0.717, 1.165) is 18.7 Å². The second-order valence-electron chi connectivity index (χ2n) is 4.83. The Balaban J connectivity index is 2.65. The van der Waals surface area contributed by atoms with E-state index >= 15 is 0 Å². The van der Waals surface area contributed by atoms with Gasteiger partial charge >= 0.3 is 0 Å². The van der Waals surface area contributed by atoms with Crippen molar-refractivity contribution in [2.75, 3.05) is 17.8 Å². The summed E-state index contributed by atoms with van der Waals surface area (Å²) < 4.78 is 28.6. The molecule has 0 aliphatic carbocycles. The third-order valence-electron chi connectivity index (χ3n) is 2.44. The van der Waals surface area contributed by atoms with Crippen LogP contribution >= 0.6 is 0 Å². The van der Waals surface area contributed by atoms with Crippen LogP contribution in [0.1, 0.15) is 26.3 Å². The standard InChI is InChI=1S/C13H23N3O2S/c1-4-14-10-12-6-5-7-13(8-12)16-19(17,18)15-9-11(2)3/h5-8,11,14-16H,4,9-10H2,1-3H3. The Morgan fingerprint density at radius 1 is 1.26 bits per heavy atom. The lowest BCUT2D eigenvalue weighted by molar-refractivity contribution is 0.565. The highest BCUT2D eigenvalue weighted by Gasteiger charge is 2.10. The van der Waals surface area contributed by atoms with Gasteiger partial charge in [0.2, 0.25) is 0 Å². The topological polar surface area (TPSA) is 70.2 Å². The van der Waals surface area contributed by atoms with Gasteiger partial charge in [0.05, 0.1) is 5.69 Å². The lowest BCUT2D eigenvalue weighted by atomic mass is 10.2. The summed E-state index contributed by atoms with van der Waals surface area (Å²) in [5.74, 6) is 0.275. The van der Waals surface area contributed by atoms with E-state index in [1.807, 2.05) is 39.0 Å². The molecule has 0 saturated carbocycles. The lowest BCUT2D eigenvalue weighted by Gasteiger charge is -2.12. The predicted molar refractivity (Wildman–Crippen MR) is 79.2 cm³/mol. The minimum atomic E-state index is -3.49. The summed E-state index contributed by atoms with van der Waals surface area (Å²) in [6.07, 6.45) is 0. The monoisotopic (exact) mass is 285 g/mol. The van der Waals surface area contributed by atoms with Crippen molar-refractivity contribution < 1.29 is 8.42 Å². The van der Waals surface area contributed by atoms with Crippen molar-refractivity contribution in [2.45, 2.75) is 27.3 Å². The van der Waals surface area contributed by atoms with Crippen LogP contribution in [0.25, 0.3) is 0 Å². The van der Waals surface area contributed by atoms with E-state index in [4.69, 9.17) is 0 Å². The molecule has 0 amide bonds. The van der Waals surface area contributed by atoms with E-state index < -0.39 is 10.2 Å². The molecule has 0 unspecified atom stereocenters. The van der Waals surface area contributed by atoms with Crippen LogP contribution in [0.5, 0.6) is 0 Å². The van der Waals surface area contributed by atoms with Crippen molar-refractivity contribution in [3.05, 3.63) is 29.8 Å². The fourth-order valence-electron chi connectivity index (χ4n) is 1.48. The molecule has 0 atom stereocenters. The zero-order chi connectivity index (χ0) is 14.3. The van der Waals surface area contributed by atoms with Crippen LogP contribution in [0.15, 0.2) is 24.3 Å². The quantitative estimate of drug-likeness (QED) is 0.681. The van der Waals surface area contributed by atoms with Crippen LogP contribution in [-0.4, -0.2) is 21.5 Å². The van der Waals surface area contributed by atoms with Crippen molar-refractivity contribution in [2.24, 2.45) is 5.92 Å². The first-order valence-electron chi connectivity index (χ1n) is 6.50. The van der Waals surface area contributed by atoms with Crippen LogP contribution in [0, 0.1) is 5.92 Å². The molecule has 0 heterocycles. The highest BCUT2D eigenvalue weighted by molar-refractivity contribution is 7.90. The fraction of sp³-hybridized carbons (Fsp3) is 0.538. The van der Waals surface area contributed by atoms with E-state index in [-0.39, 0.29) is 5.92 Å². The van der Waals surface area contributed by atoms with E-state index in [1.54, 1.807) is 6.07 Å². The Morgan fingerprint density at radius 3 is 2.63 bits per heavy atom. The second kappa shape index (κ2) is 7.47. The first kappa shape index (κ1) is 15.9. The van der Waals surface area contributed by atoms with Gasteiger partial charge in [-0.15, -0.1) is 0 Å². The molecular formula is C13H23N3O2S. The molecule has 0 fully saturated rings. The van der Waals surface area contributed by atoms with E-state index in [1.165, 1.54) is 0 Å². The van der Waals surface area contributed by atoms with Crippen molar-refractivity contribution >= 4 is 15.9 Å². The van der Waals surface area contributed by atoms with Gasteiger partial charge < -0.3 is 5.32 Å². The third-order valence-corrected chi connectivity index (χ3v) is 3.49. The summed E-state index contributed by atoms with van der Waals surface area (Å²) in [5, 5.41) is 3.20. The second-order valence-corrected chi connectivity index (χ2v) is 6.33. The van der Waals surface area contributed by atoms with Crippen molar-refractivity contribution in [1.29, 1.82) is 0 Å². The summed E-state index contributed by atoms with van der Waals surface area (Å²) in [4.78, 5) is 0. The zero-order valence-electron chi connectivity index (χ0n) is 11.7. The molecule has 0 radical (unpaired) electrons. The number of nitrogens with one attached hydrogen (secondary N) is 3. The minimum absolute atomic E-state index is 0.275. The normalized spacial score (nSPS) is 11.8. The summed E-state index contributed by atoms with van der Waals surface area (Å²) in [6.45, 7) is 7.98. The fourth-order valence-corrected chi connectivity index (χ4v) is 2.54. The molecule has 0 saturated heterocycles. The van der Waals surface area contributed by atoms with Gasteiger partial charge in [-0.1, -0.05) is 32.9 Å². The molecule has 108 valence electrons. The Morgan fingerprint density at radius 2 is 2.00 bits per heavy atom. The van der Waals surface area contributed by atoms with Gasteiger partial charge in [-0.3, -0.25) is 4.72 Å². The molecule has 0 aromatic heterocycles. The molecule has 1 rings (SSSR count). The lowest BCUT2D eigenvalue weighted by Crippen LogP contribution is -2.32. The van der Waals surface area contributed by atoms with Gasteiger partial charge in [0.15, 0.2) is 0 Å².